The average molecular weight is 341 g/mol. The zero-order valence-electron chi connectivity index (χ0n) is 14.2. The molecule has 0 amide bonds. The molecule has 1 fully saturated rings. The van der Waals surface area contributed by atoms with Crippen molar-refractivity contribution in [1.29, 1.82) is 0 Å². The highest BCUT2D eigenvalue weighted by atomic mass is 16.5. The van der Waals surface area contributed by atoms with Crippen LogP contribution in [-0.2, 0) is 6.54 Å². The normalized spacial score (nSPS) is 22.9. The molecule has 5 heteroatoms. The molecule has 0 aliphatic heterocycles. The number of para-hydroxylation sites is 1. The minimum Gasteiger partial charge on any atom is -0.488 e. The first-order chi connectivity index (χ1) is 12.0. The van der Waals surface area contributed by atoms with Gasteiger partial charge in [0.1, 0.15) is 18.0 Å². The van der Waals surface area contributed by atoms with E-state index in [1.807, 2.05) is 49.5 Å². The molecule has 1 aliphatic rings. The van der Waals surface area contributed by atoms with Gasteiger partial charge in [-0.3, -0.25) is 4.90 Å². The van der Waals surface area contributed by atoms with Crippen LogP contribution in [-0.4, -0.2) is 46.4 Å². The topological polar surface area (TPSA) is 70.0 Å². The molecule has 0 unspecified atom stereocenters. The molecule has 2 aromatic carbocycles. The summed E-state index contributed by atoms with van der Waals surface area (Å²) in [5.41, 5.74) is 1.30. The van der Waals surface area contributed by atoms with Crippen molar-refractivity contribution in [3.8, 4) is 5.75 Å². The summed E-state index contributed by atoms with van der Waals surface area (Å²) in [6, 6.07) is 16.4. The summed E-state index contributed by atoms with van der Waals surface area (Å²) in [5, 5.41) is 19.6. The van der Waals surface area contributed by atoms with E-state index < -0.39 is 12.1 Å². The van der Waals surface area contributed by atoms with Crippen molar-refractivity contribution in [2.75, 3.05) is 7.05 Å². The van der Waals surface area contributed by atoms with Crippen LogP contribution in [0.5, 0.6) is 5.75 Å². The average Bonchev–Trinajstić information content (AvgIpc) is 2.97. The third kappa shape index (κ3) is 4.18. The van der Waals surface area contributed by atoms with Crippen molar-refractivity contribution < 1.29 is 19.7 Å². The highest BCUT2D eigenvalue weighted by Gasteiger charge is 2.38. The Labute approximate surface area is 147 Å². The summed E-state index contributed by atoms with van der Waals surface area (Å²) < 4.78 is 5.92. The predicted octanol–water partition coefficient (Wildman–Crippen LogP) is 2.79. The molecule has 0 heterocycles. The number of likely N-dealkylation sites (N-methyl/N-ethyl adjacent to an activating group) is 1. The maximum Gasteiger partial charge on any atom is 0.335 e. The van der Waals surface area contributed by atoms with Gasteiger partial charge in [0.2, 0.25) is 0 Å². The maximum absolute atomic E-state index is 10.9. The number of carboxylic acid groups (broad SMARTS) is 1. The molecular formula is C20H23NO4. The van der Waals surface area contributed by atoms with Crippen molar-refractivity contribution >= 4 is 5.97 Å². The number of carbonyl (C=O) groups is 1. The second-order valence-corrected chi connectivity index (χ2v) is 6.52. The number of nitrogens with zero attached hydrogens (tertiary/aromatic N) is 1. The lowest BCUT2D eigenvalue weighted by Crippen LogP contribution is -2.42. The van der Waals surface area contributed by atoms with Crippen LogP contribution in [0.3, 0.4) is 0 Å². The second-order valence-electron chi connectivity index (χ2n) is 6.52. The Morgan fingerprint density at radius 1 is 1.12 bits per heavy atom. The molecular weight excluding hydrogens is 318 g/mol. The first-order valence-corrected chi connectivity index (χ1v) is 8.47. The van der Waals surface area contributed by atoms with Crippen molar-refractivity contribution in [3.05, 3.63) is 65.7 Å². The van der Waals surface area contributed by atoms with Crippen LogP contribution in [0.25, 0.3) is 0 Å². The van der Waals surface area contributed by atoms with Crippen LogP contribution < -0.4 is 4.74 Å². The van der Waals surface area contributed by atoms with Gasteiger partial charge >= 0.3 is 5.97 Å². The fraction of sp³-hybridized carbons (Fsp3) is 0.350. The van der Waals surface area contributed by atoms with E-state index in [-0.39, 0.29) is 17.7 Å². The van der Waals surface area contributed by atoms with Crippen LogP contribution in [0.4, 0.5) is 0 Å². The summed E-state index contributed by atoms with van der Waals surface area (Å²) in [6.07, 6.45) is 0.915. The molecule has 0 spiro atoms. The van der Waals surface area contributed by atoms with Gasteiger partial charge in [-0.1, -0.05) is 30.3 Å². The SMILES string of the molecule is CN(Cc1ccc(C(=O)O)cc1)[C@@H]1CC[C@H](Oc2ccccc2)[C@H]1O. The van der Waals surface area contributed by atoms with Gasteiger partial charge in [0.15, 0.2) is 0 Å². The van der Waals surface area contributed by atoms with Gasteiger partial charge in [-0.15, -0.1) is 0 Å². The number of aliphatic hydroxyl groups excluding tert-OH is 1. The smallest absolute Gasteiger partial charge is 0.335 e. The molecule has 2 N–H and O–H groups in total. The Kier molecular flexibility index (Phi) is 5.36. The number of carboxylic acids is 1. The molecule has 1 aliphatic carbocycles. The zero-order valence-corrected chi connectivity index (χ0v) is 14.2. The van der Waals surface area contributed by atoms with E-state index in [4.69, 9.17) is 9.84 Å². The fourth-order valence-electron chi connectivity index (χ4n) is 3.37. The number of hydrogen-bond acceptors (Lipinski definition) is 4. The molecule has 3 atom stereocenters. The lowest BCUT2D eigenvalue weighted by molar-refractivity contribution is 0.0152. The number of aliphatic hydroxyl groups is 1. The molecule has 5 nitrogen and oxygen atoms in total. The Hall–Kier alpha value is -2.37. The summed E-state index contributed by atoms with van der Waals surface area (Å²) >= 11 is 0. The monoisotopic (exact) mass is 341 g/mol. The van der Waals surface area contributed by atoms with E-state index in [9.17, 15) is 9.90 Å². The minimum atomic E-state index is -0.924. The molecule has 0 bridgehead atoms. The van der Waals surface area contributed by atoms with Crippen LogP contribution >= 0.6 is 0 Å². The highest BCUT2D eigenvalue weighted by Crippen LogP contribution is 2.28. The van der Waals surface area contributed by atoms with Gasteiger partial charge in [-0.05, 0) is 49.7 Å². The van der Waals surface area contributed by atoms with Crippen LogP contribution in [0.2, 0.25) is 0 Å². The van der Waals surface area contributed by atoms with E-state index in [1.54, 1.807) is 12.1 Å². The fourth-order valence-corrected chi connectivity index (χ4v) is 3.37. The summed E-state index contributed by atoms with van der Waals surface area (Å²) in [4.78, 5) is 13.0. The lowest BCUT2D eigenvalue weighted by atomic mass is 10.1. The maximum atomic E-state index is 10.9. The number of hydrogen-bond donors (Lipinski definition) is 2. The first kappa shape index (κ1) is 17.5. The third-order valence-electron chi connectivity index (χ3n) is 4.75. The van der Waals surface area contributed by atoms with Gasteiger partial charge in [-0.25, -0.2) is 4.79 Å². The third-order valence-corrected chi connectivity index (χ3v) is 4.75. The number of benzene rings is 2. The number of ether oxygens (including phenoxy) is 1. The molecule has 0 radical (unpaired) electrons. The highest BCUT2D eigenvalue weighted by molar-refractivity contribution is 5.87. The Morgan fingerprint density at radius 2 is 1.80 bits per heavy atom. The van der Waals surface area contributed by atoms with Crippen LogP contribution in [0.1, 0.15) is 28.8 Å². The van der Waals surface area contributed by atoms with Crippen LogP contribution in [0.15, 0.2) is 54.6 Å². The zero-order chi connectivity index (χ0) is 17.8. The molecule has 3 rings (SSSR count). The van der Waals surface area contributed by atoms with Crippen LogP contribution in [0, 0.1) is 0 Å². The molecule has 25 heavy (non-hydrogen) atoms. The molecule has 1 saturated carbocycles. The van der Waals surface area contributed by atoms with Gasteiger partial charge < -0.3 is 14.9 Å². The largest absolute Gasteiger partial charge is 0.488 e. The molecule has 0 aromatic heterocycles. The molecule has 132 valence electrons. The lowest BCUT2D eigenvalue weighted by Gasteiger charge is -2.28. The van der Waals surface area contributed by atoms with Gasteiger partial charge in [0.25, 0.3) is 0 Å². The minimum absolute atomic E-state index is 0.0212. The molecule has 0 saturated heterocycles. The van der Waals surface area contributed by atoms with E-state index >= 15 is 0 Å². The van der Waals surface area contributed by atoms with Crippen molar-refractivity contribution in [2.24, 2.45) is 0 Å². The second kappa shape index (κ2) is 7.68. The predicted molar refractivity (Wildman–Crippen MR) is 94.8 cm³/mol. The van der Waals surface area contributed by atoms with Gasteiger partial charge in [-0.2, -0.15) is 0 Å². The van der Waals surface area contributed by atoms with E-state index in [2.05, 4.69) is 4.90 Å². The summed E-state index contributed by atoms with van der Waals surface area (Å²) in [7, 11) is 1.98. The van der Waals surface area contributed by atoms with E-state index in [1.165, 1.54) is 0 Å². The number of aromatic carboxylic acids is 1. The Balaban J connectivity index is 1.59. The Bertz CT molecular complexity index is 701. The number of rotatable bonds is 6. The molecule has 2 aromatic rings. The first-order valence-electron chi connectivity index (χ1n) is 8.47. The van der Waals surface area contributed by atoms with Crippen molar-refractivity contribution in [1.82, 2.24) is 4.90 Å². The summed E-state index contributed by atoms with van der Waals surface area (Å²) in [6.45, 7) is 0.652. The van der Waals surface area contributed by atoms with Crippen molar-refractivity contribution in [2.45, 2.75) is 37.6 Å². The van der Waals surface area contributed by atoms with Gasteiger partial charge in [0.05, 0.1) is 5.56 Å². The van der Waals surface area contributed by atoms with E-state index in [0.29, 0.717) is 6.54 Å². The summed E-state index contributed by atoms with van der Waals surface area (Å²) in [5.74, 6) is -0.147. The van der Waals surface area contributed by atoms with Crippen molar-refractivity contribution in [3.63, 3.8) is 0 Å². The Morgan fingerprint density at radius 3 is 2.44 bits per heavy atom. The quantitative estimate of drug-likeness (QED) is 0.845. The standard InChI is InChI=1S/C20H23NO4/c1-21(13-14-7-9-15(10-8-14)20(23)24)17-11-12-18(19(17)22)25-16-5-3-2-4-6-16/h2-10,17-19,22H,11-13H2,1H3,(H,23,24)/t17-,18+,19+/m1/s1. The van der Waals surface area contributed by atoms with Gasteiger partial charge in [0, 0.05) is 12.6 Å². The van der Waals surface area contributed by atoms with E-state index in [0.717, 1.165) is 24.2 Å².